The van der Waals surface area contributed by atoms with Crippen LogP contribution in [-0.2, 0) is 9.53 Å². The maximum Gasteiger partial charge on any atom is 0.302 e. The van der Waals surface area contributed by atoms with Gasteiger partial charge in [-0.1, -0.05) is 41.0 Å². The minimum atomic E-state index is -0.224. The molecule has 0 aromatic heterocycles. The molecule has 0 aromatic rings. The third-order valence-corrected chi connectivity index (χ3v) is 4.14. The summed E-state index contributed by atoms with van der Waals surface area (Å²) in [4.78, 5) is 10.5. The van der Waals surface area contributed by atoms with E-state index in [9.17, 15) is 4.79 Å². The highest BCUT2D eigenvalue weighted by molar-refractivity contribution is 5.66. The lowest BCUT2D eigenvalue weighted by molar-refractivity contribution is -0.139. The zero-order chi connectivity index (χ0) is 18.5. The van der Waals surface area contributed by atoms with E-state index in [1.54, 1.807) is 5.57 Å². The van der Waals surface area contributed by atoms with Crippen molar-refractivity contribution in [2.45, 2.75) is 73.6 Å². The van der Waals surface area contributed by atoms with Gasteiger partial charge in [-0.2, -0.15) is 0 Å². The molecule has 1 atom stereocenters. The van der Waals surface area contributed by atoms with Gasteiger partial charge in [0, 0.05) is 6.92 Å². The summed E-state index contributed by atoms with van der Waals surface area (Å²) in [5, 5.41) is 0. The summed E-state index contributed by atoms with van der Waals surface area (Å²) in [5.74, 6) is 0.544. The highest BCUT2D eigenvalue weighted by Gasteiger charge is 2.11. The Morgan fingerprint density at radius 3 is 2.38 bits per heavy atom. The first-order valence-corrected chi connectivity index (χ1v) is 8.95. The Hall–Kier alpha value is -1.57. The maximum atomic E-state index is 10.5. The molecule has 0 N–H and O–H groups in total. The number of carbonyl (C=O) groups is 1. The van der Waals surface area contributed by atoms with E-state index in [2.05, 4.69) is 53.3 Å². The molecule has 0 unspecified atom stereocenters. The second-order valence-electron chi connectivity index (χ2n) is 7.04. The average molecular weight is 333 g/mol. The van der Waals surface area contributed by atoms with Crippen LogP contribution in [0.1, 0.15) is 73.6 Å². The van der Waals surface area contributed by atoms with Crippen LogP contribution in [-0.4, -0.2) is 12.6 Å². The minimum Gasteiger partial charge on any atom is -0.462 e. The lowest BCUT2D eigenvalue weighted by Gasteiger charge is -2.19. The Bertz CT molecular complexity index is 488. The predicted molar refractivity (Wildman–Crippen MR) is 105 cm³/mol. The van der Waals surface area contributed by atoms with Crippen molar-refractivity contribution in [3.8, 4) is 0 Å². The van der Waals surface area contributed by atoms with Crippen LogP contribution < -0.4 is 0 Å². The monoisotopic (exact) mass is 332 g/mol. The first kappa shape index (κ1) is 22.4. The fraction of sp³-hybridized carbons (Fsp3) is 0.591. The van der Waals surface area contributed by atoms with Crippen molar-refractivity contribution in [2.75, 3.05) is 6.61 Å². The number of hydrogen-bond acceptors (Lipinski definition) is 2. The second kappa shape index (κ2) is 12.8. The van der Waals surface area contributed by atoms with Crippen LogP contribution in [0.2, 0.25) is 0 Å². The number of hydrogen-bond donors (Lipinski definition) is 0. The molecule has 0 radical (unpaired) electrons. The Morgan fingerprint density at radius 2 is 1.92 bits per heavy atom. The molecule has 1 aliphatic rings. The van der Waals surface area contributed by atoms with Crippen LogP contribution in [0.5, 0.6) is 0 Å². The van der Waals surface area contributed by atoms with Gasteiger partial charge in [0.15, 0.2) is 0 Å². The number of carbonyl (C=O) groups excluding carboxylic acids is 1. The van der Waals surface area contributed by atoms with E-state index in [-0.39, 0.29) is 5.97 Å². The van der Waals surface area contributed by atoms with Crippen molar-refractivity contribution in [3.05, 3.63) is 47.1 Å². The van der Waals surface area contributed by atoms with E-state index in [1.807, 2.05) is 6.08 Å². The average Bonchev–Trinajstić information content (AvgIpc) is 2.47. The smallest absolute Gasteiger partial charge is 0.302 e. The van der Waals surface area contributed by atoms with Gasteiger partial charge < -0.3 is 4.74 Å². The highest BCUT2D eigenvalue weighted by Crippen LogP contribution is 2.27. The summed E-state index contributed by atoms with van der Waals surface area (Å²) >= 11 is 0. The summed E-state index contributed by atoms with van der Waals surface area (Å²) in [5.41, 5.74) is 5.52. The molecule has 0 saturated heterocycles. The summed E-state index contributed by atoms with van der Waals surface area (Å²) in [6, 6.07) is 0. The van der Waals surface area contributed by atoms with E-state index in [0.29, 0.717) is 6.61 Å². The summed E-state index contributed by atoms with van der Waals surface area (Å²) in [7, 11) is 0. The molecule has 0 spiro atoms. The quantitative estimate of drug-likeness (QED) is 0.407. The van der Waals surface area contributed by atoms with Crippen LogP contribution in [0.3, 0.4) is 0 Å². The van der Waals surface area contributed by atoms with Gasteiger partial charge >= 0.3 is 5.97 Å². The van der Waals surface area contributed by atoms with E-state index in [4.69, 9.17) is 4.74 Å². The van der Waals surface area contributed by atoms with Crippen molar-refractivity contribution in [1.82, 2.24) is 0 Å². The largest absolute Gasteiger partial charge is 0.462 e. The fourth-order valence-electron chi connectivity index (χ4n) is 2.40. The normalized spacial score (nSPS) is 17.2. The minimum absolute atomic E-state index is 0.224. The molecule has 0 aliphatic heterocycles. The first-order valence-electron chi connectivity index (χ1n) is 8.95. The van der Waals surface area contributed by atoms with Crippen molar-refractivity contribution in [2.24, 2.45) is 5.92 Å². The van der Waals surface area contributed by atoms with E-state index in [0.717, 1.165) is 18.8 Å². The van der Waals surface area contributed by atoms with E-state index >= 15 is 0 Å². The first-order chi connectivity index (χ1) is 11.2. The molecule has 0 amide bonds. The molecule has 2 nitrogen and oxygen atoms in total. The van der Waals surface area contributed by atoms with Crippen LogP contribution in [0.15, 0.2) is 47.1 Å². The van der Waals surface area contributed by atoms with Crippen LogP contribution in [0.4, 0.5) is 0 Å². The zero-order valence-corrected chi connectivity index (χ0v) is 16.6. The molecule has 136 valence electrons. The summed E-state index contributed by atoms with van der Waals surface area (Å²) in [6.07, 6.45) is 12.4. The molecule has 0 aromatic carbocycles. The molecule has 0 bridgehead atoms. The van der Waals surface area contributed by atoms with Crippen molar-refractivity contribution in [1.29, 1.82) is 0 Å². The molecular weight excluding hydrogens is 296 g/mol. The molecule has 24 heavy (non-hydrogen) atoms. The van der Waals surface area contributed by atoms with Gasteiger partial charge in [-0.15, -0.1) is 0 Å². The molecule has 1 aliphatic carbocycles. The van der Waals surface area contributed by atoms with Gasteiger partial charge in [0.1, 0.15) is 6.61 Å². The summed E-state index contributed by atoms with van der Waals surface area (Å²) < 4.78 is 4.81. The number of esters is 1. The van der Waals surface area contributed by atoms with Crippen molar-refractivity contribution in [3.63, 3.8) is 0 Å². The Kier molecular flexibility index (Phi) is 12.0. The van der Waals surface area contributed by atoms with Gasteiger partial charge in [0.25, 0.3) is 0 Å². The van der Waals surface area contributed by atoms with Crippen molar-refractivity contribution >= 4 is 5.97 Å². The summed E-state index contributed by atoms with van der Waals surface area (Å²) in [6.45, 7) is 16.4. The lowest BCUT2D eigenvalue weighted by Crippen LogP contribution is -2.04. The van der Waals surface area contributed by atoms with Gasteiger partial charge in [0.2, 0.25) is 0 Å². The number of allylic oxidation sites excluding steroid dienone is 6. The maximum absolute atomic E-state index is 10.5. The Labute approximate surface area is 149 Å². The Morgan fingerprint density at radius 1 is 1.25 bits per heavy atom. The molecule has 2 heteroatoms. The third-order valence-electron chi connectivity index (χ3n) is 4.14. The lowest BCUT2D eigenvalue weighted by atomic mass is 9.86. The van der Waals surface area contributed by atoms with Gasteiger partial charge in [-0.3, -0.25) is 4.79 Å². The van der Waals surface area contributed by atoms with Crippen molar-refractivity contribution < 1.29 is 9.53 Å². The Balaban J connectivity index is 0.000000463. The predicted octanol–water partition coefficient (Wildman–Crippen LogP) is 6.55. The standard InChI is InChI=1S/C12H20O2.C10H16/c1-10(2)6-5-7-11(3)8-9-14-12(4)13;1-8(2)10-6-4-9(3)5-7-10/h6,8H,5,7,9H2,1-4H3;4,10H,1,5-7H2,2-3H3/b11-8-;/t;10-/m.0/s1. The highest BCUT2D eigenvalue weighted by atomic mass is 16.5. The topological polar surface area (TPSA) is 26.3 Å². The second-order valence-corrected chi connectivity index (χ2v) is 7.04. The number of rotatable bonds is 6. The molecule has 0 saturated carbocycles. The van der Waals surface area contributed by atoms with Gasteiger partial charge in [0.05, 0.1) is 0 Å². The number of ether oxygens (including phenoxy) is 1. The van der Waals surface area contributed by atoms with E-state index < -0.39 is 0 Å². The third kappa shape index (κ3) is 12.9. The van der Waals surface area contributed by atoms with Gasteiger partial charge in [-0.05, 0) is 78.7 Å². The molecule has 0 fully saturated rings. The van der Waals surface area contributed by atoms with Crippen LogP contribution in [0, 0.1) is 5.92 Å². The van der Waals surface area contributed by atoms with Crippen LogP contribution >= 0.6 is 0 Å². The molecular formula is C22H36O2. The fourth-order valence-corrected chi connectivity index (χ4v) is 2.40. The van der Waals surface area contributed by atoms with Crippen LogP contribution in [0.25, 0.3) is 0 Å². The van der Waals surface area contributed by atoms with Gasteiger partial charge in [-0.25, -0.2) is 0 Å². The molecule has 0 heterocycles. The van der Waals surface area contributed by atoms with E-state index in [1.165, 1.54) is 42.9 Å². The molecule has 1 rings (SSSR count). The SMILES string of the molecule is C=C(C)[C@H]1CC=C(C)CC1.CC(=O)OC/C=C(/C)CCC=C(C)C. The zero-order valence-electron chi connectivity index (χ0n) is 16.6.